The zero-order valence-electron chi connectivity index (χ0n) is 21.5. The topological polar surface area (TPSA) is 81.0 Å². The molecule has 0 radical (unpaired) electrons. The quantitative estimate of drug-likeness (QED) is 0.553. The lowest BCUT2D eigenvalue weighted by atomic mass is 9.91. The second-order valence-corrected chi connectivity index (χ2v) is 10.0. The highest BCUT2D eigenvalue weighted by molar-refractivity contribution is 6.43. The first-order valence-electron chi connectivity index (χ1n) is 12.7. The van der Waals surface area contributed by atoms with Crippen LogP contribution in [0, 0.1) is 11.2 Å². The molecule has 0 atom stereocenters. The van der Waals surface area contributed by atoms with Gasteiger partial charge in [-0.15, -0.1) is 0 Å². The van der Waals surface area contributed by atoms with E-state index in [1.165, 1.54) is 18.2 Å². The molecule has 0 spiro atoms. The molecule has 0 unspecified atom stereocenters. The van der Waals surface area contributed by atoms with Gasteiger partial charge in [-0.05, 0) is 64.8 Å². The highest BCUT2D eigenvalue weighted by atomic mass is 35.5. The van der Waals surface area contributed by atoms with E-state index >= 15 is 0 Å². The van der Waals surface area contributed by atoms with E-state index in [9.17, 15) is 9.18 Å². The van der Waals surface area contributed by atoms with Crippen molar-refractivity contribution in [1.29, 1.82) is 5.41 Å². The third-order valence-electron chi connectivity index (χ3n) is 7.31. The molecule has 194 valence electrons. The highest BCUT2D eigenvalue weighted by Gasteiger charge is 2.33. The van der Waals surface area contributed by atoms with Crippen molar-refractivity contribution in [3.05, 3.63) is 51.7 Å². The van der Waals surface area contributed by atoms with Gasteiger partial charge in [0.15, 0.2) is 0 Å². The Bertz CT molecular complexity index is 1130. The molecule has 36 heavy (non-hydrogen) atoms. The second-order valence-electron chi connectivity index (χ2n) is 9.64. The van der Waals surface area contributed by atoms with Gasteiger partial charge in [-0.25, -0.2) is 9.38 Å². The minimum atomic E-state index is -0.439. The van der Waals surface area contributed by atoms with Crippen LogP contribution in [0.5, 0.6) is 5.75 Å². The number of benzene rings is 1. The number of hydrogen-bond acceptors (Lipinski definition) is 6. The fraction of sp³-hybridized carbons (Fsp3) is 0.519. The van der Waals surface area contributed by atoms with Gasteiger partial charge < -0.3 is 25.3 Å². The normalized spacial score (nSPS) is 24.8. The van der Waals surface area contributed by atoms with E-state index in [4.69, 9.17) is 21.7 Å². The Hall–Kier alpha value is -2.71. The van der Waals surface area contributed by atoms with Crippen molar-refractivity contribution < 1.29 is 13.9 Å². The SMILES string of the molecule is CCN(CC)C1CCC(Oc2cc(F)ccc2C(=O)N2CC(=N)/C(=C3/N=C(C)C(Cl)=C(C)N3)C2)CC1. The minimum Gasteiger partial charge on any atom is -0.489 e. The number of carbonyl (C=O) groups is 1. The van der Waals surface area contributed by atoms with Gasteiger partial charge in [0, 0.05) is 23.4 Å². The van der Waals surface area contributed by atoms with Crippen LogP contribution in [0.15, 0.2) is 45.3 Å². The molecule has 1 saturated heterocycles. The lowest BCUT2D eigenvalue weighted by Crippen LogP contribution is -2.40. The number of amides is 1. The Kier molecular flexibility index (Phi) is 8.15. The summed E-state index contributed by atoms with van der Waals surface area (Å²) < 4.78 is 20.4. The van der Waals surface area contributed by atoms with Crippen molar-refractivity contribution in [2.45, 2.75) is 65.5 Å². The van der Waals surface area contributed by atoms with Crippen molar-refractivity contribution in [2.24, 2.45) is 4.99 Å². The molecule has 1 saturated carbocycles. The molecule has 1 aromatic rings. The van der Waals surface area contributed by atoms with Gasteiger partial charge in [0.25, 0.3) is 5.91 Å². The monoisotopic (exact) mass is 515 g/mol. The van der Waals surface area contributed by atoms with Crippen LogP contribution in [-0.2, 0) is 0 Å². The summed E-state index contributed by atoms with van der Waals surface area (Å²) in [6.07, 6.45) is 3.73. The number of allylic oxidation sites excluding steroid dienone is 2. The van der Waals surface area contributed by atoms with Gasteiger partial charge in [0.2, 0.25) is 0 Å². The number of nitrogens with zero attached hydrogens (tertiary/aromatic N) is 3. The molecule has 2 aliphatic heterocycles. The molecule has 0 bridgehead atoms. The molecule has 1 aliphatic carbocycles. The largest absolute Gasteiger partial charge is 0.489 e. The van der Waals surface area contributed by atoms with Crippen LogP contribution < -0.4 is 10.1 Å². The van der Waals surface area contributed by atoms with Gasteiger partial charge in [-0.3, -0.25) is 4.79 Å². The van der Waals surface area contributed by atoms with Crippen LogP contribution in [0.1, 0.15) is 63.7 Å². The van der Waals surface area contributed by atoms with Crippen molar-refractivity contribution in [3.8, 4) is 5.75 Å². The molecule has 9 heteroatoms. The molecule has 1 aromatic carbocycles. The molecule has 3 aliphatic rings. The van der Waals surface area contributed by atoms with E-state index in [2.05, 4.69) is 29.1 Å². The first kappa shape index (κ1) is 26.4. The maximum atomic E-state index is 14.2. The average molecular weight is 516 g/mol. The predicted molar refractivity (Wildman–Crippen MR) is 141 cm³/mol. The molecular weight excluding hydrogens is 481 g/mol. The Morgan fingerprint density at radius 3 is 2.56 bits per heavy atom. The Balaban J connectivity index is 1.49. The molecule has 0 aromatic heterocycles. The fourth-order valence-corrected chi connectivity index (χ4v) is 5.36. The molecule has 4 rings (SSSR count). The smallest absolute Gasteiger partial charge is 0.258 e. The molecular formula is C27H35ClFN5O2. The summed E-state index contributed by atoms with van der Waals surface area (Å²) in [6.45, 7) is 10.5. The van der Waals surface area contributed by atoms with E-state index in [1.807, 2.05) is 13.8 Å². The van der Waals surface area contributed by atoms with Crippen LogP contribution in [0.3, 0.4) is 0 Å². The molecule has 2 fully saturated rings. The number of carbonyl (C=O) groups excluding carboxylic acids is 1. The summed E-state index contributed by atoms with van der Waals surface area (Å²) in [5.74, 6) is 0.0825. The first-order valence-corrected chi connectivity index (χ1v) is 13.1. The van der Waals surface area contributed by atoms with Crippen LogP contribution in [0.2, 0.25) is 0 Å². The molecule has 2 heterocycles. The standard InChI is InChI=1S/C27H35ClFN5O2/c1-5-33(6-2)19-8-10-20(11-9-19)36-24-13-18(29)7-12-21(24)27(35)34-14-22(23(30)15-34)26-31-16(3)25(28)17(4)32-26/h7,12-13,19-20,30-31H,5-6,8-11,14-15H2,1-4H3/b26-22+,30-23?. The van der Waals surface area contributed by atoms with Crippen molar-refractivity contribution >= 4 is 28.9 Å². The van der Waals surface area contributed by atoms with Crippen molar-refractivity contribution in [3.63, 3.8) is 0 Å². The van der Waals surface area contributed by atoms with Gasteiger partial charge >= 0.3 is 0 Å². The molecule has 7 nitrogen and oxygen atoms in total. The zero-order valence-corrected chi connectivity index (χ0v) is 22.2. The summed E-state index contributed by atoms with van der Waals surface area (Å²) in [6, 6.07) is 4.61. The summed E-state index contributed by atoms with van der Waals surface area (Å²) >= 11 is 6.23. The van der Waals surface area contributed by atoms with Crippen molar-refractivity contribution in [2.75, 3.05) is 26.2 Å². The minimum absolute atomic E-state index is 0.0528. The van der Waals surface area contributed by atoms with Gasteiger partial charge in [0.1, 0.15) is 17.4 Å². The summed E-state index contributed by atoms with van der Waals surface area (Å²) in [4.78, 5) is 22.0. The Morgan fingerprint density at radius 1 is 1.22 bits per heavy atom. The second kappa shape index (κ2) is 11.1. The number of ether oxygens (including phenoxy) is 1. The third-order valence-corrected chi connectivity index (χ3v) is 7.86. The van der Waals surface area contributed by atoms with Gasteiger partial charge in [0.05, 0.1) is 41.2 Å². The average Bonchev–Trinajstić information content (AvgIpc) is 3.25. The van der Waals surface area contributed by atoms with E-state index in [0.717, 1.165) is 44.5 Å². The predicted octanol–water partition coefficient (Wildman–Crippen LogP) is 5.08. The Labute approximate surface area is 217 Å². The maximum Gasteiger partial charge on any atom is 0.258 e. The van der Waals surface area contributed by atoms with Crippen LogP contribution in [-0.4, -0.2) is 65.5 Å². The molecule has 1 amide bonds. The third kappa shape index (κ3) is 5.49. The number of nitrogens with one attached hydrogen (secondary N) is 2. The van der Waals surface area contributed by atoms with Gasteiger partial charge in [-0.1, -0.05) is 25.4 Å². The number of hydrogen-bond donors (Lipinski definition) is 2. The van der Waals surface area contributed by atoms with E-state index in [0.29, 0.717) is 39.5 Å². The highest BCUT2D eigenvalue weighted by Crippen LogP contribution is 2.31. The molecule has 2 N–H and O–H groups in total. The summed E-state index contributed by atoms with van der Waals surface area (Å²) in [5, 5.41) is 12.2. The lowest BCUT2D eigenvalue weighted by Gasteiger charge is -2.36. The van der Waals surface area contributed by atoms with Gasteiger partial charge in [-0.2, -0.15) is 0 Å². The van der Waals surface area contributed by atoms with Crippen molar-refractivity contribution in [1.82, 2.24) is 15.1 Å². The van der Waals surface area contributed by atoms with E-state index in [-0.39, 0.29) is 30.9 Å². The van der Waals surface area contributed by atoms with E-state index < -0.39 is 5.82 Å². The number of aliphatic imine (C=N–C) groups is 1. The first-order chi connectivity index (χ1) is 17.2. The maximum absolute atomic E-state index is 14.2. The summed E-state index contributed by atoms with van der Waals surface area (Å²) in [7, 11) is 0. The number of likely N-dealkylation sites (tertiary alicyclic amines) is 1. The van der Waals surface area contributed by atoms with Crippen LogP contribution in [0.4, 0.5) is 4.39 Å². The lowest BCUT2D eigenvalue weighted by molar-refractivity contribution is 0.0772. The van der Waals surface area contributed by atoms with Crippen LogP contribution >= 0.6 is 11.6 Å². The fourth-order valence-electron chi connectivity index (χ4n) is 5.27. The number of halogens is 2. The zero-order chi connectivity index (χ0) is 26.0. The number of rotatable bonds is 6. The summed E-state index contributed by atoms with van der Waals surface area (Å²) in [5.41, 5.74) is 2.70. The Morgan fingerprint density at radius 2 is 1.92 bits per heavy atom. The van der Waals surface area contributed by atoms with Crippen LogP contribution in [0.25, 0.3) is 0 Å². The van der Waals surface area contributed by atoms with E-state index in [1.54, 1.807) is 4.90 Å².